The van der Waals surface area contributed by atoms with Crippen molar-refractivity contribution in [3.05, 3.63) is 42.2 Å². The van der Waals surface area contributed by atoms with Gasteiger partial charge < -0.3 is 30.5 Å². The summed E-state index contributed by atoms with van der Waals surface area (Å²) in [5.41, 5.74) is 3.22. The first-order chi connectivity index (χ1) is 18.8. The number of aromatic nitrogens is 2. The molecule has 1 saturated heterocycles. The zero-order valence-electron chi connectivity index (χ0n) is 23.8. The van der Waals surface area contributed by atoms with E-state index in [1.54, 1.807) is 13.2 Å². The predicted molar refractivity (Wildman–Crippen MR) is 157 cm³/mol. The molecule has 1 amide bonds. The highest BCUT2D eigenvalue weighted by atomic mass is 16.5. The first-order valence-corrected chi connectivity index (χ1v) is 14.3. The topological polar surface area (TPSA) is 94.7 Å². The van der Waals surface area contributed by atoms with Crippen LogP contribution in [0.3, 0.4) is 0 Å². The molecule has 210 valence electrons. The first kappa shape index (κ1) is 27.2. The molecule has 2 aromatic rings. The Morgan fingerprint density at radius 2 is 1.90 bits per heavy atom. The van der Waals surface area contributed by atoms with Crippen molar-refractivity contribution in [1.82, 2.24) is 20.6 Å². The number of nitrogens with one attached hydrogen (secondary N) is 3. The molecule has 1 aliphatic carbocycles. The second kappa shape index (κ2) is 11.4. The van der Waals surface area contributed by atoms with E-state index in [0.717, 1.165) is 49.7 Å². The van der Waals surface area contributed by atoms with Gasteiger partial charge in [-0.05, 0) is 57.0 Å². The molecule has 3 N–H and O–H groups in total. The number of hydrogen-bond acceptors (Lipinski definition) is 8. The van der Waals surface area contributed by atoms with Gasteiger partial charge in [0.2, 0.25) is 5.95 Å². The van der Waals surface area contributed by atoms with Gasteiger partial charge in [-0.3, -0.25) is 4.79 Å². The van der Waals surface area contributed by atoms with Crippen LogP contribution in [-0.4, -0.2) is 61.8 Å². The molecule has 1 saturated carbocycles. The quantitative estimate of drug-likeness (QED) is 0.486. The lowest BCUT2D eigenvalue weighted by atomic mass is 9.87. The van der Waals surface area contributed by atoms with Crippen molar-refractivity contribution in [3.63, 3.8) is 0 Å². The minimum absolute atomic E-state index is 0.0814. The maximum Gasteiger partial charge on any atom is 0.251 e. The van der Waals surface area contributed by atoms with Gasteiger partial charge in [-0.25, -0.2) is 4.98 Å². The van der Waals surface area contributed by atoms with E-state index in [-0.39, 0.29) is 17.4 Å². The van der Waals surface area contributed by atoms with Gasteiger partial charge in [-0.2, -0.15) is 4.98 Å². The van der Waals surface area contributed by atoms with E-state index in [4.69, 9.17) is 9.72 Å². The number of anilines is 4. The standard InChI is InChI=1S/C30H43N7O2/c1-20-30(2,3)19-37(23-9-7-6-8-10-23)27-25(36(20)4)18-32-29(35-27)34-24-12-11-21(17-26(24)39-5)28(38)33-22-13-15-31-16-14-22/h11-12,17-18,22-23,31H,1,6-10,13-16,19H2,2-5H3,(H,33,38)(H,32,34,35). The van der Waals surface area contributed by atoms with Gasteiger partial charge in [-0.1, -0.05) is 39.7 Å². The lowest BCUT2D eigenvalue weighted by Gasteiger charge is -2.39. The Kier molecular flexibility index (Phi) is 7.98. The van der Waals surface area contributed by atoms with Gasteiger partial charge in [0, 0.05) is 42.4 Å². The molecule has 0 radical (unpaired) electrons. The molecule has 2 aliphatic heterocycles. The van der Waals surface area contributed by atoms with Crippen LogP contribution >= 0.6 is 0 Å². The molecular formula is C30H43N7O2. The van der Waals surface area contributed by atoms with E-state index in [1.807, 2.05) is 18.3 Å². The van der Waals surface area contributed by atoms with Gasteiger partial charge in [0.15, 0.2) is 5.82 Å². The second-order valence-corrected chi connectivity index (χ2v) is 11.7. The summed E-state index contributed by atoms with van der Waals surface area (Å²) in [6.45, 7) is 11.7. The van der Waals surface area contributed by atoms with Crippen LogP contribution in [0.5, 0.6) is 5.75 Å². The highest BCUT2D eigenvalue weighted by molar-refractivity contribution is 5.95. The second-order valence-electron chi connectivity index (χ2n) is 11.7. The molecule has 5 rings (SSSR count). The summed E-state index contributed by atoms with van der Waals surface area (Å²) >= 11 is 0. The van der Waals surface area contributed by atoms with Crippen LogP contribution < -0.4 is 30.5 Å². The molecule has 0 spiro atoms. The summed E-state index contributed by atoms with van der Waals surface area (Å²) in [6.07, 6.45) is 9.92. The largest absolute Gasteiger partial charge is 0.495 e. The van der Waals surface area contributed by atoms with Crippen LogP contribution in [0.25, 0.3) is 0 Å². The Hall–Kier alpha value is -3.33. The SMILES string of the molecule is C=C1N(C)c2cnc(Nc3ccc(C(=O)NC4CCNCC4)cc3OC)nc2N(C2CCCCC2)CC1(C)C. The van der Waals surface area contributed by atoms with Gasteiger partial charge in [0.25, 0.3) is 5.91 Å². The Bertz CT molecular complexity index is 1200. The van der Waals surface area contributed by atoms with E-state index < -0.39 is 0 Å². The number of fused-ring (bicyclic) bond motifs is 1. The Labute approximate surface area is 232 Å². The molecule has 3 heterocycles. The van der Waals surface area contributed by atoms with Crippen LogP contribution in [0.15, 0.2) is 36.7 Å². The zero-order chi connectivity index (χ0) is 27.6. The zero-order valence-corrected chi connectivity index (χ0v) is 23.8. The molecule has 9 heteroatoms. The maximum absolute atomic E-state index is 12.9. The van der Waals surface area contributed by atoms with E-state index in [1.165, 1.54) is 32.1 Å². The highest BCUT2D eigenvalue weighted by Gasteiger charge is 2.38. The number of carbonyl (C=O) groups excluding carboxylic acids is 1. The highest BCUT2D eigenvalue weighted by Crippen LogP contribution is 2.43. The average molecular weight is 534 g/mol. The summed E-state index contributed by atoms with van der Waals surface area (Å²) in [5, 5.41) is 9.83. The van der Waals surface area contributed by atoms with Gasteiger partial charge in [0.05, 0.1) is 19.0 Å². The third kappa shape index (κ3) is 5.83. The molecule has 1 aromatic heterocycles. The number of benzene rings is 1. The van der Waals surface area contributed by atoms with Crippen molar-refractivity contribution in [1.29, 1.82) is 0 Å². The fraction of sp³-hybridized carbons (Fsp3) is 0.567. The molecule has 39 heavy (non-hydrogen) atoms. The van der Waals surface area contributed by atoms with E-state index >= 15 is 0 Å². The van der Waals surface area contributed by atoms with Crippen LogP contribution in [0.4, 0.5) is 23.1 Å². The summed E-state index contributed by atoms with van der Waals surface area (Å²) in [7, 11) is 3.67. The third-order valence-corrected chi connectivity index (χ3v) is 8.54. The number of nitrogens with zero attached hydrogens (tertiary/aromatic N) is 4. The predicted octanol–water partition coefficient (Wildman–Crippen LogP) is 4.84. The average Bonchev–Trinajstić information content (AvgIpc) is 3.03. The molecule has 0 unspecified atom stereocenters. The lowest BCUT2D eigenvalue weighted by molar-refractivity contribution is 0.0929. The molecule has 9 nitrogen and oxygen atoms in total. The number of rotatable bonds is 6. The van der Waals surface area contributed by atoms with Gasteiger partial charge in [0.1, 0.15) is 11.4 Å². The molecular weight excluding hydrogens is 490 g/mol. The van der Waals surface area contributed by atoms with Crippen molar-refractivity contribution in [3.8, 4) is 5.75 Å². The number of carbonyl (C=O) groups is 1. The molecule has 1 aromatic carbocycles. The Morgan fingerprint density at radius 3 is 2.62 bits per heavy atom. The van der Waals surface area contributed by atoms with Crippen molar-refractivity contribution in [2.75, 3.05) is 48.9 Å². The number of ether oxygens (including phenoxy) is 1. The Balaban J connectivity index is 1.41. The number of methoxy groups -OCH3 is 1. The van der Waals surface area contributed by atoms with Crippen LogP contribution in [0.1, 0.15) is 69.2 Å². The summed E-state index contributed by atoms with van der Waals surface area (Å²) in [5.74, 6) is 1.92. The lowest BCUT2D eigenvalue weighted by Crippen LogP contribution is -2.43. The smallest absolute Gasteiger partial charge is 0.251 e. The van der Waals surface area contributed by atoms with Crippen molar-refractivity contribution >= 4 is 29.0 Å². The minimum Gasteiger partial charge on any atom is -0.495 e. The van der Waals surface area contributed by atoms with E-state index in [9.17, 15) is 4.79 Å². The van der Waals surface area contributed by atoms with E-state index in [0.29, 0.717) is 29.0 Å². The minimum atomic E-state index is -0.103. The summed E-state index contributed by atoms with van der Waals surface area (Å²) in [6, 6.07) is 6.10. The van der Waals surface area contributed by atoms with Crippen molar-refractivity contribution in [2.45, 2.75) is 70.9 Å². The van der Waals surface area contributed by atoms with E-state index in [2.05, 4.69) is 58.2 Å². The monoisotopic (exact) mass is 533 g/mol. The third-order valence-electron chi connectivity index (χ3n) is 8.54. The Morgan fingerprint density at radius 1 is 1.15 bits per heavy atom. The number of piperidine rings is 1. The number of amides is 1. The number of hydrogen-bond donors (Lipinski definition) is 3. The maximum atomic E-state index is 12.9. The van der Waals surface area contributed by atoms with Gasteiger partial charge in [-0.15, -0.1) is 0 Å². The normalized spacial score (nSPS) is 20.3. The summed E-state index contributed by atoms with van der Waals surface area (Å²) < 4.78 is 5.67. The van der Waals surface area contributed by atoms with Crippen LogP contribution in [-0.2, 0) is 0 Å². The first-order valence-electron chi connectivity index (χ1n) is 14.3. The molecule has 0 bridgehead atoms. The molecule has 0 atom stereocenters. The van der Waals surface area contributed by atoms with Crippen LogP contribution in [0, 0.1) is 5.41 Å². The molecule has 2 fully saturated rings. The van der Waals surface area contributed by atoms with Gasteiger partial charge >= 0.3 is 0 Å². The molecule has 3 aliphatic rings. The fourth-order valence-electron chi connectivity index (χ4n) is 6.05. The van der Waals surface area contributed by atoms with Crippen molar-refractivity contribution < 1.29 is 9.53 Å². The van der Waals surface area contributed by atoms with Crippen LogP contribution in [0.2, 0.25) is 0 Å². The summed E-state index contributed by atoms with van der Waals surface area (Å²) in [4.78, 5) is 27.3. The van der Waals surface area contributed by atoms with Crippen molar-refractivity contribution in [2.24, 2.45) is 5.41 Å². The fourth-order valence-corrected chi connectivity index (χ4v) is 6.05.